The summed E-state index contributed by atoms with van der Waals surface area (Å²) in [5.74, 6) is 0.483. The summed E-state index contributed by atoms with van der Waals surface area (Å²) >= 11 is 9.50. The average molecular weight is 336 g/mol. The molecular weight excluding hydrogens is 323 g/mol. The molecule has 0 saturated heterocycles. The molecule has 0 aliphatic heterocycles. The molecule has 2 rings (SSSR count). The van der Waals surface area contributed by atoms with E-state index in [0.29, 0.717) is 5.88 Å². The smallest absolute Gasteiger partial charge is 0.0958 e. The molecule has 1 unspecified atom stereocenters. The fourth-order valence-electron chi connectivity index (χ4n) is 1.59. The molecule has 0 amide bonds. The quantitative estimate of drug-likeness (QED) is 0.766. The van der Waals surface area contributed by atoms with E-state index < -0.39 is 0 Å². The van der Waals surface area contributed by atoms with Crippen molar-refractivity contribution in [3.63, 3.8) is 0 Å². The van der Waals surface area contributed by atoms with Crippen molar-refractivity contribution in [3.8, 4) is 0 Å². The van der Waals surface area contributed by atoms with Gasteiger partial charge in [-0.15, -0.1) is 24.0 Å². The Labute approximate surface area is 121 Å². The number of alkyl halides is 2. The van der Waals surface area contributed by atoms with E-state index in [1.807, 2.05) is 18.2 Å². The van der Waals surface area contributed by atoms with Crippen LogP contribution in [0.25, 0.3) is 0 Å². The van der Waals surface area contributed by atoms with E-state index in [9.17, 15) is 0 Å². The minimum Gasteiger partial charge on any atom is -0.320 e. The Morgan fingerprint density at radius 3 is 2.65 bits per heavy atom. The van der Waals surface area contributed by atoms with Gasteiger partial charge in [-0.05, 0) is 5.56 Å². The Morgan fingerprint density at radius 1 is 1.29 bits per heavy atom. The van der Waals surface area contributed by atoms with Crippen molar-refractivity contribution in [1.29, 1.82) is 0 Å². The van der Waals surface area contributed by atoms with Gasteiger partial charge < -0.3 is 4.57 Å². The van der Waals surface area contributed by atoms with Crippen molar-refractivity contribution < 1.29 is 0 Å². The first-order valence-corrected chi connectivity index (χ1v) is 6.51. The molecular formula is C12H13BrCl2N2. The zero-order valence-corrected chi connectivity index (χ0v) is 12.3. The van der Waals surface area contributed by atoms with Gasteiger partial charge in [-0.3, -0.25) is 0 Å². The Hall–Kier alpha value is -0.510. The number of rotatable bonds is 4. The zero-order valence-electron chi connectivity index (χ0n) is 9.09. The van der Waals surface area contributed by atoms with Crippen LogP contribution in [0.15, 0.2) is 42.9 Å². The van der Waals surface area contributed by atoms with E-state index >= 15 is 0 Å². The lowest BCUT2D eigenvalue weighted by Crippen LogP contribution is -2.06. The molecule has 0 fully saturated rings. The highest BCUT2D eigenvalue weighted by atomic mass is 79.9. The highest BCUT2D eigenvalue weighted by molar-refractivity contribution is 9.09. The molecule has 0 spiro atoms. The monoisotopic (exact) mass is 334 g/mol. The fraction of sp³-hybridized carbons (Fsp3) is 0.250. The van der Waals surface area contributed by atoms with Gasteiger partial charge in [0.15, 0.2) is 0 Å². The summed E-state index contributed by atoms with van der Waals surface area (Å²) in [6.45, 7) is 0. The Bertz CT molecular complexity index is 445. The number of hydrogen-bond acceptors (Lipinski definition) is 1. The van der Waals surface area contributed by atoms with Crippen LogP contribution in [0.4, 0.5) is 0 Å². The number of aromatic nitrogens is 2. The van der Waals surface area contributed by atoms with Crippen LogP contribution in [-0.4, -0.2) is 9.55 Å². The van der Waals surface area contributed by atoms with E-state index in [1.165, 1.54) is 5.56 Å². The predicted molar refractivity (Wildman–Crippen MR) is 77.1 cm³/mol. The minimum atomic E-state index is 0. The van der Waals surface area contributed by atoms with Crippen molar-refractivity contribution in [2.24, 2.45) is 0 Å². The van der Waals surface area contributed by atoms with E-state index in [2.05, 4.69) is 37.6 Å². The van der Waals surface area contributed by atoms with Gasteiger partial charge in [-0.25, -0.2) is 4.98 Å². The summed E-state index contributed by atoms with van der Waals surface area (Å²) < 4.78 is 2.06. The van der Waals surface area contributed by atoms with Crippen LogP contribution >= 0.6 is 39.9 Å². The molecule has 1 heterocycles. The molecule has 0 aliphatic rings. The van der Waals surface area contributed by atoms with Crippen LogP contribution in [0.3, 0.4) is 0 Å². The molecule has 92 valence electrons. The molecule has 0 aliphatic carbocycles. The summed E-state index contributed by atoms with van der Waals surface area (Å²) in [5, 5.41) is 0. The maximum atomic E-state index is 5.84. The number of imidazole rings is 1. The molecule has 1 aromatic carbocycles. The van der Waals surface area contributed by atoms with Crippen LogP contribution in [0.2, 0.25) is 0 Å². The molecule has 0 N–H and O–H groups in total. The zero-order chi connectivity index (χ0) is 11.4. The average Bonchev–Trinajstić information content (AvgIpc) is 2.78. The van der Waals surface area contributed by atoms with Crippen LogP contribution in [0, 0.1) is 0 Å². The second-order valence-corrected chi connectivity index (χ2v) is 4.87. The van der Waals surface area contributed by atoms with E-state index in [4.69, 9.17) is 11.6 Å². The Morgan fingerprint density at radius 2 is 2.00 bits per heavy atom. The van der Waals surface area contributed by atoms with Gasteiger partial charge in [-0.2, -0.15) is 0 Å². The van der Waals surface area contributed by atoms with Gasteiger partial charge in [0.1, 0.15) is 0 Å². The maximum Gasteiger partial charge on any atom is 0.0958 e. The number of halogens is 3. The molecule has 0 bridgehead atoms. The highest BCUT2D eigenvalue weighted by Crippen LogP contribution is 2.23. The highest BCUT2D eigenvalue weighted by Gasteiger charge is 2.10. The summed E-state index contributed by atoms with van der Waals surface area (Å²) in [6, 6.07) is 10.3. The number of benzene rings is 1. The Balaban J connectivity index is 0.00000144. The first-order valence-electron chi connectivity index (χ1n) is 5.06. The van der Waals surface area contributed by atoms with Crippen LogP contribution < -0.4 is 0 Å². The predicted octanol–water partition coefficient (Wildman–Crippen LogP) is 4.18. The van der Waals surface area contributed by atoms with Gasteiger partial charge >= 0.3 is 0 Å². The summed E-state index contributed by atoms with van der Waals surface area (Å²) in [4.78, 5) is 4.30. The molecule has 2 aromatic rings. The maximum absolute atomic E-state index is 5.84. The Kier molecular flexibility index (Phi) is 6.03. The van der Waals surface area contributed by atoms with Crippen LogP contribution in [0.1, 0.15) is 16.2 Å². The third-order valence-corrected chi connectivity index (χ3v) is 3.47. The van der Waals surface area contributed by atoms with Gasteiger partial charge in [0.05, 0.1) is 22.9 Å². The van der Waals surface area contributed by atoms with Gasteiger partial charge in [-0.1, -0.05) is 46.3 Å². The van der Waals surface area contributed by atoms with Crippen molar-refractivity contribution in [3.05, 3.63) is 54.1 Å². The fourth-order valence-corrected chi connectivity index (χ4v) is 2.54. The van der Waals surface area contributed by atoms with E-state index in [1.54, 1.807) is 12.5 Å². The lowest BCUT2D eigenvalue weighted by molar-refractivity contribution is 0.666. The SMILES string of the molecule is Cl.ClCc1cncn1C(Br)Cc1ccccc1. The summed E-state index contributed by atoms with van der Waals surface area (Å²) in [6.07, 6.45) is 4.52. The molecule has 2 nitrogen and oxygen atoms in total. The first-order chi connectivity index (χ1) is 7.81. The molecule has 5 heteroatoms. The molecule has 1 aromatic heterocycles. The van der Waals surface area contributed by atoms with Crippen molar-refractivity contribution in [1.82, 2.24) is 9.55 Å². The molecule has 17 heavy (non-hydrogen) atoms. The van der Waals surface area contributed by atoms with Crippen LogP contribution in [0.5, 0.6) is 0 Å². The second-order valence-electron chi connectivity index (χ2n) is 3.55. The molecule has 0 saturated carbocycles. The van der Waals surface area contributed by atoms with E-state index in [0.717, 1.165) is 12.1 Å². The van der Waals surface area contributed by atoms with Crippen molar-refractivity contribution >= 4 is 39.9 Å². The largest absolute Gasteiger partial charge is 0.320 e. The standard InChI is InChI=1S/C12H12BrClN2.ClH/c13-12(6-10-4-2-1-3-5-10)16-9-15-8-11(16)7-14;/h1-5,8-9,12H,6-7H2;1H. The lowest BCUT2D eigenvalue weighted by atomic mass is 10.1. The van der Waals surface area contributed by atoms with Crippen molar-refractivity contribution in [2.75, 3.05) is 0 Å². The van der Waals surface area contributed by atoms with Crippen molar-refractivity contribution in [2.45, 2.75) is 17.3 Å². The van der Waals surface area contributed by atoms with E-state index in [-0.39, 0.29) is 17.4 Å². The number of nitrogens with zero attached hydrogens (tertiary/aromatic N) is 2. The molecule has 1 atom stereocenters. The topological polar surface area (TPSA) is 17.8 Å². The third kappa shape index (κ3) is 3.73. The normalized spacial score (nSPS) is 11.9. The van der Waals surface area contributed by atoms with Gasteiger partial charge in [0.25, 0.3) is 0 Å². The second kappa shape index (κ2) is 7.04. The number of hydrogen-bond donors (Lipinski definition) is 0. The molecule has 0 radical (unpaired) electrons. The summed E-state index contributed by atoms with van der Waals surface area (Å²) in [7, 11) is 0. The third-order valence-electron chi connectivity index (χ3n) is 2.43. The van der Waals surface area contributed by atoms with Crippen LogP contribution in [-0.2, 0) is 12.3 Å². The first kappa shape index (κ1) is 14.6. The summed E-state index contributed by atoms with van der Waals surface area (Å²) in [5.41, 5.74) is 2.32. The van der Waals surface area contributed by atoms with Gasteiger partial charge in [0, 0.05) is 12.6 Å². The van der Waals surface area contributed by atoms with Gasteiger partial charge in [0.2, 0.25) is 0 Å². The minimum absolute atomic E-state index is 0. The lowest BCUT2D eigenvalue weighted by Gasteiger charge is -2.13.